The number of nitrogens with one attached hydrogen (secondary N) is 1. The Kier molecular flexibility index (Phi) is 4.59. The van der Waals surface area contributed by atoms with E-state index in [-0.39, 0.29) is 30.3 Å². The second-order valence-corrected chi connectivity index (χ2v) is 5.32. The van der Waals surface area contributed by atoms with E-state index in [4.69, 9.17) is 14.2 Å². The number of hydrogen-bond acceptors (Lipinski definition) is 8. The molecule has 136 valence electrons. The highest BCUT2D eigenvalue weighted by molar-refractivity contribution is 6.05. The zero-order chi connectivity index (χ0) is 18.8. The summed E-state index contributed by atoms with van der Waals surface area (Å²) in [5, 5.41) is 16.0. The molecule has 3 rings (SSSR count). The van der Waals surface area contributed by atoms with Crippen LogP contribution in [0.5, 0.6) is 0 Å². The number of H-pyrrole nitrogens is 1. The molecule has 2 aromatic rings. The monoisotopic (exact) mass is 361 g/mol. The van der Waals surface area contributed by atoms with Gasteiger partial charge in [-0.3, -0.25) is 5.10 Å². The summed E-state index contributed by atoms with van der Waals surface area (Å²) in [6.07, 6.45) is 0. The number of aromatic amines is 1. The fraction of sp³-hybridized carbons (Fsp3) is 0.250. The van der Waals surface area contributed by atoms with Crippen LogP contribution in [0.15, 0.2) is 29.5 Å². The van der Waals surface area contributed by atoms with E-state index in [0.29, 0.717) is 16.6 Å². The lowest BCUT2D eigenvalue weighted by Gasteiger charge is -2.31. The highest BCUT2D eigenvalue weighted by Crippen LogP contribution is 2.30. The zero-order valence-corrected chi connectivity index (χ0v) is 13.9. The molecular formula is C16H15N3O7. The van der Waals surface area contributed by atoms with E-state index in [9.17, 15) is 19.5 Å². The number of rotatable bonds is 4. The van der Waals surface area contributed by atoms with Crippen molar-refractivity contribution in [3.8, 4) is 0 Å². The minimum Gasteiger partial charge on any atom is -0.476 e. The van der Waals surface area contributed by atoms with Crippen LogP contribution >= 0.6 is 0 Å². The van der Waals surface area contributed by atoms with Crippen LogP contribution in [0.2, 0.25) is 0 Å². The largest absolute Gasteiger partial charge is 0.476 e. The lowest BCUT2D eigenvalue weighted by Crippen LogP contribution is -2.38. The zero-order valence-electron chi connectivity index (χ0n) is 13.9. The van der Waals surface area contributed by atoms with Gasteiger partial charge in [-0.15, -0.1) is 0 Å². The molecule has 1 aliphatic rings. The topological polar surface area (TPSA) is 131 Å². The fourth-order valence-electron chi connectivity index (χ4n) is 2.68. The molecular weight excluding hydrogens is 346 g/mol. The summed E-state index contributed by atoms with van der Waals surface area (Å²) in [5.74, 6) is -2.65. The summed E-state index contributed by atoms with van der Waals surface area (Å²) >= 11 is 0. The van der Waals surface area contributed by atoms with Gasteiger partial charge in [0.25, 0.3) is 0 Å². The van der Waals surface area contributed by atoms with Gasteiger partial charge in [0.2, 0.25) is 0 Å². The number of carbonyl (C=O) groups excluding carboxylic acids is 2. The standard InChI is InChI=1S/C16H15N3O7/c1-24-15(22)10-6-26-7-19(13(10)16(23)25-2)8-3-4-11-9(5-8)12(14(20)21)18-17-11/h3-5H,6-7H2,1-2H3,(H,17,18)(H,20,21). The van der Waals surface area contributed by atoms with E-state index < -0.39 is 17.9 Å². The van der Waals surface area contributed by atoms with Crippen molar-refractivity contribution < 1.29 is 33.7 Å². The minimum absolute atomic E-state index is 0.0105. The molecule has 0 fully saturated rings. The van der Waals surface area contributed by atoms with Crippen LogP contribution in [0.4, 0.5) is 5.69 Å². The number of nitrogens with zero attached hydrogens (tertiary/aromatic N) is 2. The van der Waals surface area contributed by atoms with Crippen molar-refractivity contribution in [2.24, 2.45) is 0 Å². The number of hydrogen-bond donors (Lipinski definition) is 2. The van der Waals surface area contributed by atoms with Crippen molar-refractivity contribution in [1.82, 2.24) is 10.2 Å². The number of esters is 2. The van der Waals surface area contributed by atoms with Gasteiger partial charge in [-0.2, -0.15) is 5.10 Å². The van der Waals surface area contributed by atoms with Crippen LogP contribution in [0.3, 0.4) is 0 Å². The third kappa shape index (κ3) is 2.86. The number of aromatic carboxylic acids is 1. The lowest BCUT2D eigenvalue weighted by atomic mass is 10.1. The Labute approximate surface area is 146 Å². The highest BCUT2D eigenvalue weighted by Gasteiger charge is 2.32. The van der Waals surface area contributed by atoms with Crippen molar-refractivity contribution in [3.05, 3.63) is 35.2 Å². The van der Waals surface area contributed by atoms with Gasteiger partial charge in [0.05, 0.1) is 31.9 Å². The molecule has 2 heterocycles. The van der Waals surface area contributed by atoms with Gasteiger partial charge in [-0.05, 0) is 18.2 Å². The van der Waals surface area contributed by atoms with E-state index in [1.54, 1.807) is 12.1 Å². The molecule has 0 atom stereocenters. The van der Waals surface area contributed by atoms with Crippen molar-refractivity contribution in [2.45, 2.75) is 0 Å². The minimum atomic E-state index is -1.19. The fourth-order valence-corrected chi connectivity index (χ4v) is 2.68. The van der Waals surface area contributed by atoms with E-state index >= 15 is 0 Å². The van der Waals surface area contributed by atoms with Gasteiger partial charge in [0.15, 0.2) is 5.69 Å². The first kappa shape index (κ1) is 17.4. The maximum atomic E-state index is 12.3. The third-order valence-electron chi connectivity index (χ3n) is 3.89. The summed E-state index contributed by atoms with van der Waals surface area (Å²) in [6, 6.07) is 4.79. The van der Waals surface area contributed by atoms with Crippen LogP contribution in [-0.4, -0.2) is 60.8 Å². The SMILES string of the molecule is COC(=O)C1=C(C(=O)OC)N(c2ccc3[nH]nc(C(=O)O)c3c2)COC1. The number of ether oxygens (including phenoxy) is 3. The predicted octanol–water partition coefficient (Wildman–Crippen LogP) is 0.655. The number of methoxy groups -OCH3 is 2. The Hall–Kier alpha value is -3.40. The Morgan fingerprint density at radius 2 is 1.96 bits per heavy atom. The number of carboxylic acids is 1. The predicted molar refractivity (Wildman–Crippen MR) is 87.4 cm³/mol. The third-order valence-corrected chi connectivity index (χ3v) is 3.89. The first-order chi connectivity index (χ1) is 12.5. The Morgan fingerprint density at radius 3 is 2.62 bits per heavy atom. The van der Waals surface area contributed by atoms with Crippen LogP contribution in [0, 0.1) is 0 Å². The summed E-state index contributed by atoms with van der Waals surface area (Å²) in [6.45, 7) is -0.140. The average molecular weight is 361 g/mol. The Morgan fingerprint density at radius 1 is 1.23 bits per heavy atom. The normalized spacial score (nSPS) is 14.5. The number of aromatic nitrogens is 2. The maximum Gasteiger partial charge on any atom is 0.357 e. The quantitative estimate of drug-likeness (QED) is 0.754. The van der Waals surface area contributed by atoms with E-state index in [2.05, 4.69) is 10.2 Å². The molecule has 0 saturated carbocycles. The first-order valence-electron chi connectivity index (χ1n) is 7.44. The van der Waals surface area contributed by atoms with Crippen molar-refractivity contribution in [3.63, 3.8) is 0 Å². The lowest BCUT2D eigenvalue weighted by molar-refractivity contribution is -0.140. The second kappa shape index (κ2) is 6.84. The molecule has 10 heteroatoms. The van der Waals surface area contributed by atoms with Crippen LogP contribution < -0.4 is 4.90 Å². The summed E-state index contributed by atoms with van der Waals surface area (Å²) in [4.78, 5) is 37.0. The number of fused-ring (bicyclic) bond motifs is 1. The van der Waals surface area contributed by atoms with Crippen LogP contribution in [-0.2, 0) is 23.8 Å². The molecule has 10 nitrogen and oxygen atoms in total. The molecule has 1 aromatic carbocycles. The van der Waals surface area contributed by atoms with Gasteiger partial charge >= 0.3 is 17.9 Å². The average Bonchev–Trinajstić information content (AvgIpc) is 3.09. The van der Waals surface area contributed by atoms with Crippen LogP contribution in [0.1, 0.15) is 10.5 Å². The van der Waals surface area contributed by atoms with Gasteiger partial charge < -0.3 is 24.2 Å². The van der Waals surface area contributed by atoms with Gasteiger partial charge in [0, 0.05) is 11.1 Å². The smallest absolute Gasteiger partial charge is 0.357 e. The van der Waals surface area contributed by atoms with Crippen molar-refractivity contribution in [1.29, 1.82) is 0 Å². The van der Waals surface area contributed by atoms with E-state index in [0.717, 1.165) is 0 Å². The Balaban J connectivity index is 2.15. The maximum absolute atomic E-state index is 12.3. The highest BCUT2D eigenvalue weighted by atomic mass is 16.5. The summed E-state index contributed by atoms with van der Waals surface area (Å²) < 4.78 is 14.9. The molecule has 0 radical (unpaired) electrons. The van der Waals surface area contributed by atoms with Gasteiger partial charge in [0.1, 0.15) is 12.4 Å². The van der Waals surface area contributed by atoms with Crippen molar-refractivity contribution >= 4 is 34.5 Å². The molecule has 0 unspecified atom stereocenters. The molecule has 1 aliphatic heterocycles. The number of benzene rings is 1. The molecule has 0 bridgehead atoms. The Bertz CT molecular complexity index is 931. The number of carboxylic acid groups (broad SMARTS) is 1. The van der Waals surface area contributed by atoms with Gasteiger partial charge in [-0.25, -0.2) is 14.4 Å². The molecule has 0 saturated heterocycles. The van der Waals surface area contributed by atoms with Gasteiger partial charge in [-0.1, -0.05) is 0 Å². The summed E-state index contributed by atoms with van der Waals surface area (Å²) in [7, 11) is 2.39. The first-order valence-corrected chi connectivity index (χ1v) is 7.44. The molecule has 0 spiro atoms. The number of carbonyl (C=O) groups is 3. The summed E-state index contributed by atoms with van der Waals surface area (Å²) in [5.41, 5.74) is 0.780. The molecule has 26 heavy (non-hydrogen) atoms. The molecule has 0 aliphatic carbocycles. The molecule has 1 aromatic heterocycles. The number of anilines is 1. The van der Waals surface area contributed by atoms with E-state index in [1.807, 2.05) is 0 Å². The second-order valence-electron chi connectivity index (χ2n) is 5.32. The van der Waals surface area contributed by atoms with E-state index in [1.165, 1.54) is 25.2 Å². The molecule has 2 N–H and O–H groups in total. The molecule has 0 amide bonds. The van der Waals surface area contributed by atoms with Crippen LogP contribution in [0.25, 0.3) is 10.9 Å². The van der Waals surface area contributed by atoms with Crippen molar-refractivity contribution in [2.75, 3.05) is 32.5 Å².